The zero-order valence-corrected chi connectivity index (χ0v) is 16.3. The molecule has 2 aromatic carbocycles. The summed E-state index contributed by atoms with van der Waals surface area (Å²) in [4.78, 5) is 0. The van der Waals surface area contributed by atoms with Crippen molar-refractivity contribution in [3.8, 4) is 0 Å². The van der Waals surface area contributed by atoms with Crippen LogP contribution in [0, 0.1) is 0 Å². The number of fused-ring (bicyclic) bond motifs is 1. The molecule has 7 heteroatoms. The van der Waals surface area contributed by atoms with Gasteiger partial charge in [0.05, 0.1) is 13.2 Å². The molecule has 0 bridgehead atoms. The van der Waals surface area contributed by atoms with E-state index in [9.17, 15) is 5.11 Å². The Labute approximate surface area is 170 Å². The number of benzene rings is 2. The van der Waals surface area contributed by atoms with E-state index >= 15 is 0 Å². The van der Waals surface area contributed by atoms with Gasteiger partial charge < -0.3 is 33.5 Å². The van der Waals surface area contributed by atoms with E-state index in [4.69, 9.17) is 28.4 Å². The van der Waals surface area contributed by atoms with Crippen LogP contribution in [0.4, 0.5) is 0 Å². The number of hydrogen-bond acceptors (Lipinski definition) is 7. The van der Waals surface area contributed by atoms with Gasteiger partial charge in [-0.15, -0.1) is 0 Å². The van der Waals surface area contributed by atoms with E-state index in [-0.39, 0.29) is 6.79 Å². The molecular formula is C22H26O7. The van der Waals surface area contributed by atoms with Gasteiger partial charge >= 0.3 is 0 Å². The van der Waals surface area contributed by atoms with Crippen molar-refractivity contribution in [3.05, 3.63) is 71.8 Å². The molecule has 29 heavy (non-hydrogen) atoms. The molecule has 2 heterocycles. The van der Waals surface area contributed by atoms with Gasteiger partial charge in [0.2, 0.25) is 0 Å². The number of aliphatic hydroxyl groups excluding tert-OH is 1. The van der Waals surface area contributed by atoms with Crippen molar-refractivity contribution in [3.63, 3.8) is 0 Å². The van der Waals surface area contributed by atoms with Crippen LogP contribution in [0.15, 0.2) is 60.7 Å². The van der Waals surface area contributed by atoms with E-state index in [2.05, 4.69) is 0 Å². The summed E-state index contributed by atoms with van der Waals surface area (Å²) >= 11 is 0. The van der Waals surface area contributed by atoms with Gasteiger partial charge in [-0.3, -0.25) is 0 Å². The summed E-state index contributed by atoms with van der Waals surface area (Å²) in [5.41, 5.74) is 1.94. The largest absolute Gasteiger partial charge is 0.385 e. The van der Waals surface area contributed by atoms with E-state index < -0.39 is 37.0 Å². The average Bonchev–Trinajstić information content (AvgIpc) is 2.78. The van der Waals surface area contributed by atoms with Gasteiger partial charge in [0.15, 0.2) is 12.6 Å². The molecule has 4 rings (SSSR count). The van der Waals surface area contributed by atoms with Gasteiger partial charge in [-0.25, -0.2) is 0 Å². The van der Waals surface area contributed by atoms with E-state index in [0.717, 1.165) is 11.1 Å². The second-order valence-electron chi connectivity index (χ2n) is 7.03. The van der Waals surface area contributed by atoms with Gasteiger partial charge in [0.25, 0.3) is 0 Å². The maximum Gasteiger partial charge on any atom is 0.186 e. The lowest BCUT2D eigenvalue weighted by atomic mass is 9.97. The maximum absolute atomic E-state index is 10.7. The molecule has 2 aliphatic rings. The van der Waals surface area contributed by atoms with Crippen molar-refractivity contribution in [2.45, 2.75) is 43.6 Å². The summed E-state index contributed by atoms with van der Waals surface area (Å²) in [6.45, 7) is 0.733. The lowest BCUT2D eigenvalue weighted by Crippen LogP contribution is -2.63. The zero-order chi connectivity index (χ0) is 20.1. The average molecular weight is 402 g/mol. The highest BCUT2D eigenvalue weighted by Gasteiger charge is 2.50. The van der Waals surface area contributed by atoms with Crippen LogP contribution in [-0.4, -0.2) is 56.3 Å². The predicted molar refractivity (Wildman–Crippen MR) is 103 cm³/mol. The number of methoxy groups -OCH3 is 1. The number of rotatable bonds is 7. The van der Waals surface area contributed by atoms with Crippen molar-refractivity contribution in [2.75, 3.05) is 20.5 Å². The fraction of sp³-hybridized carbons (Fsp3) is 0.455. The van der Waals surface area contributed by atoms with E-state index in [0.29, 0.717) is 13.2 Å². The first-order chi connectivity index (χ1) is 14.3. The molecular weight excluding hydrogens is 376 g/mol. The van der Waals surface area contributed by atoms with Crippen molar-refractivity contribution >= 4 is 0 Å². The minimum Gasteiger partial charge on any atom is -0.385 e. The molecule has 2 aliphatic heterocycles. The van der Waals surface area contributed by atoms with Crippen LogP contribution in [0.2, 0.25) is 0 Å². The molecule has 0 unspecified atom stereocenters. The van der Waals surface area contributed by atoms with E-state index in [1.54, 1.807) is 0 Å². The van der Waals surface area contributed by atoms with Crippen LogP contribution < -0.4 is 0 Å². The number of ether oxygens (including phenoxy) is 6. The summed E-state index contributed by atoms with van der Waals surface area (Å²) < 4.78 is 34.5. The van der Waals surface area contributed by atoms with Crippen LogP contribution in [-0.2, 0) is 35.0 Å². The Balaban J connectivity index is 1.40. The molecule has 7 nitrogen and oxygen atoms in total. The summed E-state index contributed by atoms with van der Waals surface area (Å²) in [5, 5.41) is 10.7. The van der Waals surface area contributed by atoms with Gasteiger partial charge in [0, 0.05) is 12.7 Å². The number of aliphatic hydroxyl groups is 1. The molecule has 0 saturated carbocycles. The normalized spacial score (nSPS) is 31.9. The molecule has 0 aliphatic carbocycles. The topological polar surface area (TPSA) is 75.6 Å². The molecule has 156 valence electrons. The van der Waals surface area contributed by atoms with E-state index in [1.807, 2.05) is 60.7 Å². The van der Waals surface area contributed by atoms with Crippen LogP contribution >= 0.6 is 0 Å². The Hall–Kier alpha value is -1.84. The van der Waals surface area contributed by atoms with Crippen molar-refractivity contribution in [1.29, 1.82) is 0 Å². The SMILES string of the molecule is CO[C@H]1O[C@@H]2CO[C@@H](c3ccccc3)O[C@H]2[C@@H](OCOCc2ccccc2)[C@@H]1O. The van der Waals surface area contributed by atoms with Gasteiger partial charge in [-0.05, 0) is 5.56 Å². The maximum atomic E-state index is 10.7. The predicted octanol–water partition coefficient (Wildman–Crippen LogP) is 2.39. The highest BCUT2D eigenvalue weighted by atomic mass is 16.8. The molecule has 2 aromatic rings. The smallest absolute Gasteiger partial charge is 0.186 e. The van der Waals surface area contributed by atoms with Crippen molar-refractivity contribution < 1.29 is 33.5 Å². The van der Waals surface area contributed by atoms with Crippen molar-refractivity contribution in [2.24, 2.45) is 0 Å². The van der Waals surface area contributed by atoms with Gasteiger partial charge in [-0.1, -0.05) is 60.7 Å². The summed E-state index contributed by atoms with van der Waals surface area (Å²) in [5.74, 6) is 0. The Kier molecular flexibility index (Phi) is 6.89. The molecule has 1 N–H and O–H groups in total. The Morgan fingerprint density at radius 2 is 1.72 bits per heavy atom. The fourth-order valence-corrected chi connectivity index (χ4v) is 3.59. The third-order valence-electron chi connectivity index (χ3n) is 5.07. The molecule has 0 amide bonds. The van der Waals surface area contributed by atoms with Gasteiger partial charge in [-0.2, -0.15) is 0 Å². The lowest BCUT2D eigenvalue weighted by Gasteiger charge is -2.47. The third kappa shape index (κ3) is 4.84. The highest BCUT2D eigenvalue weighted by molar-refractivity contribution is 5.17. The number of hydrogen-bond donors (Lipinski definition) is 1. The quantitative estimate of drug-likeness (QED) is 0.563. The van der Waals surface area contributed by atoms with E-state index in [1.165, 1.54) is 7.11 Å². The summed E-state index contributed by atoms with van der Waals surface area (Å²) in [7, 11) is 1.48. The zero-order valence-electron chi connectivity index (χ0n) is 16.3. The standard InChI is InChI=1S/C22H26O7/c1-24-22-18(23)20(27-14-25-12-15-8-4-2-5-9-15)19-17(28-22)13-26-21(29-19)16-10-6-3-7-11-16/h2-11,17-23H,12-14H2,1H3/t17-,18+,19-,20+,21-,22+/m1/s1. The molecule has 6 atom stereocenters. The van der Waals surface area contributed by atoms with Crippen LogP contribution in [0.1, 0.15) is 17.4 Å². The minimum absolute atomic E-state index is 0.0104. The summed E-state index contributed by atoms with van der Waals surface area (Å²) in [6.07, 6.45) is -4.00. The molecule has 0 spiro atoms. The van der Waals surface area contributed by atoms with Gasteiger partial charge in [0.1, 0.15) is 31.2 Å². The second kappa shape index (κ2) is 9.77. The molecule has 0 aromatic heterocycles. The van der Waals surface area contributed by atoms with Crippen LogP contribution in [0.3, 0.4) is 0 Å². The Bertz CT molecular complexity index is 741. The first-order valence-electron chi connectivity index (χ1n) is 9.68. The molecule has 2 fully saturated rings. The van der Waals surface area contributed by atoms with Crippen LogP contribution in [0.25, 0.3) is 0 Å². The fourth-order valence-electron chi connectivity index (χ4n) is 3.59. The Morgan fingerprint density at radius 1 is 1.00 bits per heavy atom. The first-order valence-corrected chi connectivity index (χ1v) is 9.68. The minimum atomic E-state index is -1.02. The Morgan fingerprint density at radius 3 is 2.45 bits per heavy atom. The second-order valence-corrected chi connectivity index (χ2v) is 7.03. The van der Waals surface area contributed by atoms with Crippen molar-refractivity contribution in [1.82, 2.24) is 0 Å². The molecule has 0 radical (unpaired) electrons. The lowest BCUT2D eigenvalue weighted by molar-refractivity contribution is -0.367. The third-order valence-corrected chi connectivity index (χ3v) is 5.07. The monoisotopic (exact) mass is 402 g/mol. The highest BCUT2D eigenvalue weighted by Crippen LogP contribution is 2.35. The summed E-state index contributed by atoms with van der Waals surface area (Å²) in [6, 6.07) is 19.5. The first kappa shape index (κ1) is 20.4. The van der Waals surface area contributed by atoms with Crippen LogP contribution in [0.5, 0.6) is 0 Å². The molecule has 2 saturated heterocycles.